The van der Waals surface area contributed by atoms with Crippen molar-refractivity contribution in [3.63, 3.8) is 0 Å². The SMILES string of the molecule is [C-]#[N+][C@H]1C(=O)N2[C@@H]1SC(C)(C)[C@]2(Cc1ccccc1)C(=O)OCc1ccccc1. The molecule has 6 heteroatoms. The van der Waals surface area contributed by atoms with Crippen LogP contribution in [0.3, 0.4) is 0 Å². The van der Waals surface area contributed by atoms with Gasteiger partial charge >= 0.3 is 17.9 Å². The number of rotatable bonds is 5. The third-order valence-electron chi connectivity index (χ3n) is 5.83. The van der Waals surface area contributed by atoms with Crippen LogP contribution in [0.1, 0.15) is 25.0 Å². The predicted octanol–water partition coefficient (Wildman–Crippen LogP) is 3.69. The lowest BCUT2D eigenvalue weighted by atomic mass is 9.76. The van der Waals surface area contributed by atoms with E-state index in [1.165, 1.54) is 11.8 Å². The minimum atomic E-state index is -1.16. The molecule has 2 aromatic rings. The van der Waals surface area contributed by atoms with E-state index >= 15 is 0 Å². The smallest absolute Gasteiger partial charge is 0.334 e. The first-order valence-corrected chi connectivity index (χ1v) is 10.4. The first-order valence-electron chi connectivity index (χ1n) is 9.53. The summed E-state index contributed by atoms with van der Waals surface area (Å²) in [5, 5.41) is -0.317. The van der Waals surface area contributed by atoms with Crippen molar-refractivity contribution in [2.45, 2.75) is 48.6 Å². The number of nitrogens with zero attached hydrogens (tertiary/aromatic N) is 2. The summed E-state index contributed by atoms with van der Waals surface area (Å²) in [5.74, 6) is -0.697. The monoisotopic (exact) mass is 406 g/mol. The molecule has 0 saturated carbocycles. The lowest BCUT2D eigenvalue weighted by Crippen LogP contribution is -2.72. The zero-order valence-electron chi connectivity index (χ0n) is 16.4. The van der Waals surface area contributed by atoms with Crippen molar-refractivity contribution in [1.82, 2.24) is 4.90 Å². The Morgan fingerprint density at radius 2 is 1.69 bits per heavy atom. The number of fused-ring (bicyclic) bond motifs is 1. The predicted molar refractivity (Wildman–Crippen MR) is 112 cm³/mol. The molecule has 4 rings (SSSR count). The van der Waals surface area contributed by atoms with E-state index in [9.17, 15) is 9.59 Å². The van der Waals surface area contributed by atoms with Crippen molar-refractivity contribution in [3.8, 4) is 0 Å². The van der Waals surface area contributed by atoms with Crippen LogP contribution in [0.15, 0.2) is 60.7 Å². The summed E-state index contributed by atoms with van der Waals surface area (Å²) >= 11 is 1.52. The molecule has 2 aliphatic heterocycles. The Morgan fingerprint density at radius 1 is 1.10 bits per heavy atom. The second-order valence-electron chi connectivity index (χ2n) is 7.89. The maximum atomic E-state index is 13.6. The average molecular weight is 407 g/mol. The zero-order chi connectivity index (χ0) is 20.6. The molecule has 148 valence electrons. The molecule has 0 unspecified atom stereocenters. The van der Waals surface area contributed by atoms with Crippen LogP contribution in [0.5, 0.6) is 0 Å². The van der Waals surface area contributed by atoms with Gasteiger partial charge in [0.2, 0.25) is 0 Å². The fraction of sp³-hybridized carbons (Fsp3) is 0.348. The van der Waals surface area contributed by atoms with Crippen molar-refractivity contribution in [2.24, 2.45) is 0 Å². The molecule has 0 bridgehead atoms. The highest BCUT2D eigenvalue weighted by Crippen LogP contribution is 2.59. The van der Waals surface area contributed by atoms with E-state index < -0.39 is 22.3 Å². The highest BCUT2D eigenvalue weighted by atomic mass is 32.2. The van der Waals surface area contributed by atoms with Gasteiger partial charge in [0.1, 0.15) is 6.61 Å². The molecule has 29 heavy (non-hydrogen) atoms. The van der Waals surface area contributed by atoms with Crippen molar-refractivity contribution < 1.29 is 14.3 Å². The number of hydrogen-bond donors (Lipinski definition) is 0. The summed E-state index contributed by atoms with van der Waals surface area (Å²) in [6.45, 7) is 11.5. The largest absolute Gasteiger partial charge is 0.459 e. The topological polar surface area (TPSA) is 51.0 Å². The molecule has 5 nitrogen and oxygen atoms in total. The van der Waals surface area contributed by atoms with Crippen molar-refractivity contribution in [2.75, 3.05) is 0 Å². The molecule has 2 aliphatic rings. The van der Waals surface area contributed by atoms with E-state index in [2.05, 4.69) is 4.85 Å². The molecular weight excluding hydrogens is 384 g/mol. The van der Waals surface area contributed by atoms with Gasteiger partial charge in [0.15, 0.2) is 10.9 Å². The fourth-order valence-electron chi connectivity index (χ4n) is 4.23. The number of thioether (sulfide) groups is 1. The second-order valence-corrected chi connectivity index (χ2v) is 9.62. The Bertz CT molecular complexity index is 971. The Balaban J connectivity index is 1.71. The summed E-state index contributed by atoms with van der Waals surface area (Å²) in [6, 6.07) is 18.5. The van der Waals surface area contributed by atoms with E-state index in [1.54, 1.807) is 4.90 Å². The van der Waals surface area contributed by atoms with Crippen LogP contribution in [0, 0.1) is 6.57 Å². The zero-order valence-corrected chi connectivity index (χ0v) is 17.2. The lowest BCUT2D eigenvalue weighted by Gasteiger charge is -2.47. The number of carbonyl (C=O) groups is 2. The van der Waals surface area contributed by atoms with Crippen molar-refractivity contribution in [3.05, 3.63) is 83.2 Å². The van der Waals surface area contributed by atoms with Crippen LogP contribution in [0.2, 0.25) is 0 Å². The minimum Gasteiger partial charge on any atom is -0.459 e. The molecule has 0 spiro atoms. The highest BCUT2D eigenvalue weighted by molar-refractivity contribution is 8.01. The third kappa shape index (κ3) is 3.01. The lowest BCUT2D eigenvalue weighted by molar-refractivity contribution is -0.174. The maximum Gasteiger partial charge on any atom is 0.334 e. The van der Waals surface area contributed by atoms with E-state index in [4.69, 9.17) is 11.3 Å². The number of β-lactam (4-membered cyclic amide) rings is 1. The molecule has 0 N–H and O–H groups in total. The normalized spacial score (nSPS) is 26.9. The standard InChI is InChI=1S/C23H22N2O3S/c1-22(2)23(14-16-10-6-4-7-11-16,25-19(26)18(24-3)20(25)29-22)21(27)28-15-17-12-8-5-9-13-17/h4-13,18,20H,14-15H2,1-2H3/t18-,20+,23-/m0/s1. The Kier molecular flexibility index (Phi) is 4.87. The van der Waals surface area contributed by atoms with Crippen LogP contribution in [-0.2, 0) is 27.4 Å². The summed E-state index contributed by atoms with van der Waals surface area (Å²) in [6.07, 6.45) is 0.356. The first kappa shape index (κ1) is 19.5. The van der Waals surface area contributed by atoms with Gasteiger partial charge in [0.25, 0.3) is 0 Å². The Morgan fingerprint density at radius 3 is 2.28 bits per heavy atom. The van der Waals surface area contributed by atoms with Gasteiger partial charge in [-0.1, -0.05) is 60.7 Å². The van der Waals surface area contributed by atoms with E-state index in [-0.39, 0.29) is 17.9 Å². The van der Waals surface area contributed by atoms with Crippen LogP contribution in [-0.4, -0.2) is 38.5 Å². The molecule has 1 amide bonds. The average Bonchev–Trinajstić information content (AvgIpc) is 2.92. The van der Waals surface area contributed by atoms with Crippen LogP contribution in [0.4, 0.5) is 0 Å². The quantitative estimate of drug-likeness (QED) is 0.432. The van der Waals surface area contributed by atoms with Gasteiger partial charge < -0.3 is 4.74 Å². The second kappa shape index (κ2) is 7.23. The van der Waals surface area contributed by atoms with Crippen molar-refractivity contribution >= 4 is 23.6 Å². The molecule has 0 radical (unpaired) electrons. The van der Waals surface area contributed by atoms with Gasteiger partial charge in [-0.2, -0.15) is 0 Å². The molecule has 0 aliphatic carbocycles. The number of ether oxygens (including phenoxy) is 1. The maximum absolute atomic E-state index is 13.6. The summed E-state index contributed by atoms with van der Waals surface area (Å²) < 4.78 is 5.17. The number of hydrogen-bond acceptors (Lipinski definition) is 4. The van der Waals surface area contributed by atoms with Gasteiger partial charge in [0, 0.05) is 11.2 Å². The van der Waals surface area contributed by atoms with Gasteiger partial charge in [-0.25, -0.2) is 11.4 Å². The van der Waals surface area contributed by atoms with Gasteiger partial charge in [-0.3, -0.25) is 14.5 Å². The first-order chi connectivity index (χ1) is 13.9. The number of esters is 1. The summed E-state index contributed by atoms with van der Waals surface area (Å²) in [4.78, 5) is 31.5. The summed E-state index contributed by atoms with van der Waals surface area (Å²) in [7, 11) is 0. The van der Waals surface area contributed by atoms with E-state index in [0.717, 1.165) is 11.1 Å². The molecule has 3 atom stereocenters. The molecule has 0 aromatic heterocycles. The van der Waals surface area contributed by atoms with Crippen LogP contribution < -0.4 is 0 Å². The Hall–Kier alpha value is -2.78. The fourth-order valence-corrected chi connectivity index (χ4v) is 5.98. The van der Waals surface area contributed by atoms with Crippen LogP contribution in [0.25, 0.3) is 4.85 Å². The van der Waals surface area contributed by atoms with E-state index in [1.807, 2.05) is 74.5 Å². The molecule has 2 fully saturated rings. The van der Waals surface area contributed by atoms with Gasteiger partial charge in [-0.15, -0.1) is 11.8 Å². The molecule has 2 heterocycles. The summed E-state index contributed by atoms with van der Waals surface area (Å²) in [5.41, 5.74) is 0.693. The number of benzene rings is 2. The Labute approximate surface area is 174 Å². The third-order valence-corrected chi connectivity index (χ3v) is 7.47. The number of carbonyl (C=O) groups excluding carboxylic acids is 2. The van der Waals surface area contributed by atoms with Crippen LogP contribution >= 0.6 is 11.8 Å². The molecular formula is C23H22N2O3S. The van der Waals surface area contributed by atoms with E-state index in [0.29, 0.717) is 6.42 Å². The van der Waals surface area contributed by atoms with Gasteiger partial charge in [0.05, 0.1) is 0 Å². The highest BCUT2D eigenvalue weighted by Gasteiger charge is 2.75. The van der Waals surface area contributed by atoms with Crippen molar-refractivity contribution in [1.29, 1.82) is 0 Å². The number of amides is 1. The minimum absolute atomic E-state index is 0.149. The van der Waals surface area contributed by atoms with Gasteiger partial charge in [-0.05, 0) is 25.0 Å². The molecule has 2 saturated heterocycles. The molecule has 2 aromatic carbocycles.